The Kier molecular flexibility index (Phi) is 6.01. The zero-order chi connectivity index (χ0) is 16.3. The number of carbonyl (C=O) groups excluding carboxylic acids is 1. The van der Waals surface area contributed by atoms with Crippen LogP contribution in [-0.4, -0.2) is 44.1 Å². The predicted octanol–water partition coefficient (Wildman–Crippen LogP) is 1.21. The van der Waals surface area contributed by atoms with Crippen LogP contribution in [0.1, 0.15) is 46.5 Å². The van der Waals surface area contributed by atoms with Crippen molar-refractivity contribution in [2.24, 2.45) is 11.7 Å². The van der Waals surface area contributed by atoms with Gasteiger partial charge in [0.05, 0.1) is 6.10 Å². The summed E-state index contributed by atoms with van der Waals surface area (Å²) in [6.07, 6.45) is 2.04. The Labute approximate surface area is 127 Å². The first-order chi connectivity index (χ1) is 9.63. The Bertz CT molecular complexity index is 466. The van der Waals surface area contributed by atoms with Gasteiger partial charge in [-0.2, -0.15) is 12.7 Å². The Hall–Kier alpha value is -0.860. The highest BCUT2D eigenvalue weighted by molar-refractivity contribution is 7.87. The SMILES string of the molecule is CC1CCCC(CN)(N(C)S(=O)(=O)NC(=O)OC(C)C)C1. The summed E-state index contributed by atoms with van der Waals surface area (Å²) in [6.45, 7) is 5.62. The molecule has 21 heavy (non-hydrogen) atoms. The van der Waals surface area contributed by atoms with Crippen molar-refractivity contribution in [1.82, 2.24) is 9.03 Å². The van der Waals surface area contributed by atoms with Gasteiger partial charge in [0.2, 0.25) is 0 Å². The zero-order valence-electron chi connectivity index (χ0n) is 13.3. The molecule has 8 heteroatoms. The van der Waals surface area contributed by atoms with Crippen LogP contribution in [0.4, 0.5) is 4.79 Å². The number of rotatable bonds is 5. The van der Waals surface area contributed by atoms with Gasteiger partial charge in [-0.25, -0.2) is 9.52 Å². The second-order valence-electron chi connectivity index (χ2n) is 6.16. The van der Waals surface area contributed by atoms with Crippen LogP contribution < -0.4 is 10.5 Å². The highest BCUT2D eigenvalue weighted by atomic mass is 32.2. The highest BCUT2D eigenvalue weighted by Gasteiger charge is 2.43. The van der Waals surface area contributed by atoms with Gasteiger partial charge >= 0.3 is 16.3 Å². The summed E-state index contributed by atoms with van der Waals surface area (Å²) in [5.41, 5.74) is 5.22. The van der Waals surface area contributed by atoms with Crippen LogP contribution in [-0.2, 0) is 14.9 Å². The number of likely N-dealkylation sites (N-methyl/N-ethyl adjacent to an activating group) is 1. The fraction of sp³-hybridized carbons (Fsp3) is 0.923. The largest absolute Gasteiger partial charge is 0.446 e. The summed E-state index contributed by atoms with van der Waals surface area (Å²) in [4.78, 5) is 11.5. The van der Waals surface area contributed by atoms with Gasteiger partial charge in [-0.15, -0.1) is 0 Å². The number of amides is 1. The average Bonchev–Trinajstić information content (AvgIpc) is 2.35. The first-order valence-electron chi connectivity index (χ1n) is 7.30. The lowest BCUT2D eigenvalue weighted by Gasteiger charge is -2.44. The number of hydrogen-bond acceptors (Lipinski definition) is 5. The van der Waals surface area contributed by atoms with Crippen LogP contribution in [0.25, 0.3) is 0 Å². The van der Waals surface area contributed by atoms with E-state index in [1.807, 2.05) is 4.72 Å². The summed E-state index contributed by atoms with van der Waals surface area (Å²) >= 11 is 0. The smallest absolute Gasteiger partial charge is 0.422 e. The molecule has 0 aromatic rings. The molecule has 0 bridgehead atoms. The van der Waals surface area contributed by atoms with Crippen LogP contribution in [0.2, 0.25) is 0 Å². The minimum atomic E-state index is -3.97. The van der Waals surface area contributed by atoms with Crippen molar-refractivity contribution in [3.8, 4) is 0 Å². The molecule has 0 aliphatic heterocycles. The van der Waals surface area contributed by atoms with Crippen molar-refractivity contribution in [2.45, 2.75) is 58.1 Å². The maximum atomic E-state index is 12.4. The Morgan fingerprint density at radius 3 is 2.62 bits per heavy atom. The van der Waals surface area contributed by atoms with E-state index in [9.17, 15) is 13.2 Å². The third-order valence-electron chi connectivity index (χ3n) is 4.03. The molecule has 0 saturated heterocycles. The molecule has 1 fully saturated rings. The summed E-state index contributed by atoms with van der Waals surface area (Å²) in [5, 5.41) is 0. The van der Waals surface area contributed by atoms with E-state index in [0.29, 0.717) is 18.8 Å². The normalized spacial score (nSPS) is 26.9. The quantitative estimate of drug-likeness (QED) is 0.792. The molecular formula is C13H27N3O4S. The number of nitrogens with zero attached hydrogens (tertiary/aromatic N) is 1. The van der Waals surface area contributed by atoms with E-state index in [2.05, 4.69) is 6.92 Å². The van der Waals surface area contributed by atoms with Crippen LogP contribution >= 0.6 is 0 Å². The predicted molar refractivity (Wildman–Crippen MR) is 80.9 cm³/mol. The highest BCUT2D eigenvalue weighted by Crippen LogP contribution is 2.36. The number of nitrogens with one attached hydrogen (secondary N) is 1. The lowest BCUT2D eigenvalue weighted by molar-refractivity contribution is 0.114. The summed E-state index contributed by atoms with van der Waals surface area (Å²) in [5.74, 6) is 0.405. The van der Waals surface area contributed by atoms with Crippen LogP contribution in [0.5, 0.6) is 0 Å². The van der Waals surface area contributed by atoms with Gasteiger partial charge in [0.25, 0.3) is 0 Å². The minimum absolute atomic E-state index is 0.230. The fourth-order valence-electron chi connectivity index (χ4n) is 2.90. The van der Waals surface area contributed by atoms with Crippen LogP contribution in [0.3, 0.4) is 0 Å². The van der Waals surface area contributed by atoms with Gasteiger partial charge in [-0.05, 0) is 32.6 Å². The Balaban J connectivity index is 2.87. The van der Waals surface area contributed by atoms with Crippen LogP contribution in [0.15, 0.2) is 0 Å². The molecule has 3 N–H and O–H groups in total. The maximum absolute atomic E-state index is 12.4. The van der Waals surface area contributed by atoms with E-state index in [-0.39, 0.29) is 12.6 Å². The number of hydrogen-bond donors (Lipinski definition) is 2. The standard InChI is InChI=1S/C13H27N3O4S/c1-10(2)20-12(17)15-21(18,19)16(4)13(9-14)7-5-6-11(3)8-13/h10-11H,5-9,14H2,1-4H3,(H,15,17). The van der Waals surface area contributed by atoms with Gasteiger partial charge in [0, 0.05) is 19.1 Å². The molecule has 1 amide bonds. The van der Waals surface area contributed by atoms with E-state index in [1.165, 1.54) is 11.4 Å². The fourth-order valence-corrected chi connectivity index (χ4v) is 4.05. The molecule has 0 aromatic heterocycles. The second kappa shape index (κ2) is 6.93. The average molecular weight is 321 g/mol. The molecule has 0 radical (unpaired) electrons. The van der Waals surface area contributed by atoms with Gasteiger partial charge < -0.3 is 10.5 Å². The minimum Gasteiger partial charge on any atom is -0.446 e. The molecule has 0 heterocycles. The number of ether oxygens (including phenoxy) is 1. The van der Waals surface area contributed by atoms with Gasteiger partial charge in [-0.1, -0.05) is 19.8 Å². The van der Waals surface area contributed by atoms with Crippen molar-refractivity contribution in [1.29, 1.82) is 0 Å². The second-order valence-corrected chi connectivity index (χ2v) is 7.86. The topological polar surface area (TPSA) is 102 Å². The first kappa shape index (κ1) is 18.2. The molecule has 0 aromatic carbocycles. The van der Waals surface area contributed by atoms with Crippen molar-refractivity contribution < 1.29 is 17.9 Å². The molecule has 124 valence electrons. The van der Waals surface area contributed by atoms with Gasteiger partial charge in [-0.3, -0.25) is 0 Å². The number of nitrogens with two attached hydrogens (primary N) is 1. The van der Waals surface area contributed by atoms with E-state index < -0.39 is 21.8 Å². The van der Waals surface area contributed by atoms with E-state index in [1.54, 1.807) is 13.8 Å². The van der Waals surface area contributed by atoms with E-state index in [0.717, 1.165) is 12.8 Å². The molecule has 0 spiro atoms. The third-order valence-corrected chi connectivity index (χ3v) is 5.56. The van der Waals surface area contributed by atoms with Gasteiger partial charge in [0.15, 0.2) is 0 Å². The third kappa shape index (κ3) is 4.55. The molecular weight excluding hydrogens is 294 g/mol. The lowest BCUT2D eigenvalue weighted by Crippen LogP contribution is -2.59. The van der Waals surface area contributed by atoms with Crippen molar-refractivity contribution in [3.63, 3.8) is 0 Å². The van der Waals surface area contributed by atoms with Gasteiger partial charge in [0.1, 0.15) is 0 Å². The van der Waals surface area contributed by atoms with Crippen molar-refractivity contribution in [3.05, 3.63) is 0 Å². The summed E-state index contributed by atoms with van der Waals surface area (Å²) in [6, 6.07) is 0. The monoisotopic (exact) mass is 321 g/mol. The van der Waals surface area contributed by atoms with E-state index in [4.69, 9.17) is 10.5 Å². The maximum Gasteiger partial charge on any atom is 0.422 e. The summed E-state index contributed by atoms with van der Waals surface area (Å²) < 4.78 is 32.7. The number of carbonyl (C=O) groups is 1. The Morgan fingerprint density at radius 2 is 2.14 bits per heavy atom. The lowest BCUT2D eigenvalue weighted by atomic mass is 9.76. The van der Waals surface area contributed by atoms with Crippen LogP contribution in [0, 0.1) is 5.92 Å². The molecule has 1 rings (SSSR count). The summed E-state index contributed by atoms with van der Waals surface area (Å²) in [7, 11) is -2.50. The molecule has 1 aliphatic carbocycles. The van der Waals surface area contributed by atoms with Crippen molar-refractivity contribution in [2.75, 3.05) is 13.6 Å². The first-order valence-corrected chi connectivity index (χ1v) is 8.74. The molecule has 7 nitrogen and oxygen atoms in total. The van der Waals surface area contributed by atoms with E-state index >= 15 is 0 Å². The molecule has 2 atom stereocenters. The zero-order valence-corrected chi connectivity index (χ0v) is 14.1. The Morgan fingerprint density at radius 1 is 1.52 bits per heavy atom. The molecule has 2 unspecified atom stereocenters. The van der Waals surface area contributed by atoms with Crippen molar-refractivity contribution >= 4 is 16.3 Å². The molecule has 1 saturated carbocycles. The molecule has 1 aliphatic rings.